The number of aryl methyl sites for hydroxylation is 2. The molecule has 2 N–H and O–H groups in total. The predicted octanol–water partition coefficient (Wildman–Crippen LogP) is 5.64. The van der Waals surface area contributed by atoms with Gasteiger partial charge in [-0.2, -0.15) is 0 Å². The molecule has 158 valence electrons. The zero-order valence-electron chi connectivity index (χ0n) is 17.4. The highest BCUT2D eigenvalue weighted by atomic mass is 35.5. The van der Waals surface area contributed by atoms with E-state index in [9.17, 15) is 0 Å². The lowest BCUT2D eigenvalue weighted by Crippen LogP contribution is -2.10. The fourth-order valence-electron chi connectivity index (χ4n) is 3.26. The van der Waals surface area contributed by atoms with Crippen LogP contribution < -0.4 is 10.1 Å². The van der Waals surface area contributed by atoms with Gasteiger partial charge >= 0.3 is 0 Å². The first-order chi connectivity index (χ1) is 15.0. The van der Waals surface area contributed by atoms with E-state index in [0.717, 1.165) is 38.1 Å². The number of methoxy groups -OCH3 is 1. The van der Waals surface area contributed by atoms with Gasteiger partial charge in [0.1, 0.15) is 16.6 Å². The smallest absolute Gasteiger partial charge is 0.230 e. The Labute approximate surface area is 190 Å². The van der Waals surface area contributed by atoms with Crippen LogP contribution in [0.1, 0.15) is 27.4 Å². The zero-order chi connectivity index (χ0) is 22.0. The van der Waals surface area contributed by atoms with Crippen molar-refractivity contribution in [3.63, 3.8) is 0 Å². The summed E-state index contributed by atoms with van der Waals surface area (Å²) in [7, 11) is 1.65. The molecule has 31 heavy (non-hydrogen) atoms. The molecule has 0 saturated carbocycles. The number of rotatable bonds is 7. The van der Waals surface area contributed by atoms with Crippen molar-refractivity contribution in [2.45, 2.75) is 20.4 Å². The van der Waals surface area contributed by atoms with E-state index in [0.29, 0.717) is 23.2 Å². The lowest BCUT2D eigenvalue weighted by Gasteiger charge is -2.12. The molecular formula is C23H22ClN5OS. The number of anilines is 1. The second-order valence-electron chi connectivity index (χ2n) is 7.07. The van der Waals surface area contributed by atoms with E-state index in [1.807, 2.05) is 60.9 Å². The molecule has 0 fully saturated rings. The standard InChI is InChI=1S/C23H22ClN5OS/c1-14-12-20(21(25)17-6-8-18(24)9-7-17)22(31-14)29-15(2)27-28-23(29)26-13-16-4-10-19(30-3)11-5-16/h4-12,25H,13H2,1-3H3,(H,26,28). The molecule has 0 radical (unpaired) electrons. The quantitative estimate of drug-likeness (QED) is 0.357. The maximum Gasteiger partial charge on any atom is 0.230 e. The molecule has 4 rings (SSSR count). The number of nitrogens with zero attached hydrogens (tertiary/aromatic N) is 3. The summed E-state index contributed by atoms with van der Waals surface area (Å²) in [6.07, 6.45) is 0. The second kappa shape index (κ2) is 8.91. The fraction of sp³-hybridized carbons (Fsp3) is 0.174. The van der Waals surface area contributed by atoms with E-state index in [2.05, 4.69) is 15.5 Å². The van der Waals surface area contributed by atoms with Gasteiger partial charge in [0.25, 0.3) is 0 Å². The van der Waals surface area contributed by atoms with Crippen LogP contribution in [-0.4, -0.2) is 27.6 Å². The Bertz CT molecular complexity index is 1210. The number of halogens is 1. The van der Waals surface area contributed by atoms with Crippen LogP contribution >= 0.6 is 22.9 Å². The molecule has 0 aliphatic carbocycles. The third-order valence-electron chi connectivity index (χ3n) is 4.88. The maximum atomic E-state index is 8.79. The predicted molar refractivity (Wildman–Crippen MR) is 126 cm³/mol. The van der Waals surface area contributed by atoms with Crippen LogP contribution in [0.4, 0.5) is 5.95 Å². The minimum Gasteiger partial charge on any atom is -0.497 e. The Morgan fingerprint density at radius 1 is 1.10 bits per heavy atom. The Balaban J connectivity index is 1.65. The largest absolute Gasteiger partial charge is 0.497 e. The minimum absolute atomic E-state index is 0.435. The van der Waals surface area contributed by atoms with Crippen molar-refractivity contribution in [2.24, 2.45) is 0 Å². The topological polar surface area (TPSA) is 75.8 Å². The molecule has 8 heteroatoms. The van der Waals surface area contributed by atoms with Crippen LogP contribution in [-0.2, 0) is 6.54 Å². The molecule has 2 aromatic carbocycles. The Morgan fingerprint density at radius 3 is 2.48 bits per heavy atom. The van der Waals surface area contributed by atoms with Crippen molar-refractivity contribution in [2.75, 3.05) is 12.4 Å². The van der Waals surface area contributed by atoms with Crippen LogP contribution in [0.15, 0.2) is 54.6 Å². The molecule has 0 atom stereocenters. The van der Waals surface area contributed by atoms with E-state index >= 15 is 0 Å². The third-order valence-corrected chi connectivity index (χ3v) is 6.16. The molecule has 0 saturated heterocycles. The number of ether oxygens (including phenoxy) is 1. The highest BCUT2D eigenvalue weighted by Gasteiger charge is 2.20. The SMILES string of the molecule is COc1ccc(CNc2nnc(C)n2-c2sc(C)cc2C(=N)c2ccc(Cl)cc2)cc1. The van der Waals surface area contributed by atoms with Gasteiger partial charge in [0.15, 0.2) is 0 Å². The number of thiophene rings is 1. The van der Waals surface area contributed by atoms with Gasteiger partial charge < -0.3 is 10.1 Å². The second-order valence-corrected chi connectivity index (χ2v) is 8.74. The monoisotopic (exact) mass is 451 g/mol. The van der Waals surface area contributed by atoms with Crippen molar-refractivity contribution in [1.82, 2.24) is 14.8 Å². The van der Waals surface area contributed by atoms with E-state index < -0.39 is 0 Å². The molecule has 0 unspecified atom stereocenters. The van der Waals surface area contributed by atoms with Crippen LogP contribution in [0.25, 0.3) is 5.00 Å². The van der Waals surface area contributed by atoms with Gasteiger partial charge in [0.05, 0.1) is 12.8 Å². The first-order valence-corrected chi connectivity index (χ1v) is 10.9. The normalized spacial score (nSPS) is 10.8. The molecule has 0 aliphatic heterocycles. The van der Waals surface area contributed by atoms with Crippen molar-refractivity contribution in [1.29, 1.82) is 5.41 Å². The average Bonchev–Trinajstić information content (AvgIpc) is 3.34. The zero-order valence-corrected chi connectivity index (χ0v) is 19.0. The van der Waals surface area contributed by atoms with Crippen LogP contribution in [0, 0.1) is 19.3 Å². The van der Waals surface area contributed by atoms with Crippen molar-refractivity contribution in [3.8, 4) is 10.8 Å². The van der Waals surface area contributed by atoms with Crippen LogP contribution in [0.5, 0.6) is 5.75 Å². The Morgan fingerprint density at radius 2 is 1.81 bits per heavy atom. The number of benzene rings is 2. The number of nitrogens with one attached hydrogen (secondary N) is 2. The van der Waals surface area contributed by atoms with Crippen molar-refractivity contribution < 1.29 is 4.74 Å². The van der Waals surface area contributed by atoms with E-state index in [1.54, 1.807) is 30.6 Å². The number of hydrogen-bond donors (Lipinski definition) is 2. The van der Waals surface area contributed by atoms with Crippen molar-refractivity contribution >= 4 is 34.6 Å². The molecular weight excluding hydrogens is 430 g/mol. The van der Waals surface area contributed by atoms with E-state index in [4.69, 9.17) is 21.7 Å². The summed E-state index contributed by atoms with van der Waals surface area (Å²) in [5.41, 5.74) is 3.18. The van der Waals surface area contributed by atoms with Gasteiger partial charge in [0.2, 0.25) is 5.95 Å². The van der Waals surface area contributed by atoms with Gasteiger partial charge in [-0.15, -0.1) is 21.5 Å². The maximum absolute atomic E-state index is 8.79. The highest BCUT2D eigenvalue weighted by molar-refractivity contribution is 7.15. The molecule has 0 aliphatic rings. The van der Waals surface area contributed by atoms with Crippen LogP contribution in [0.2, 0.25) is 5.02 Å². The summed E-state index contributed by atoms with van der Waals surface area (Å²) >= 11 is 7.63. The molecule has 6 nitrogen and oxygen atoms in total. The summed E-state index contributed by atoms with van der Waals surface area (Å²) < 4.78 is 7.19. The van der Waals surface area contributed by atoms with Crippen molar-refractivity contribution in [3.05, 3.63) is 87.0 Å². The minimum atomic E-state index is 0.435. The lowest BCUT2D eigenvalue weighted by atomic mass is 10.0. The number of aromatic nitrogens is 3. The molecule has 2 aromatic heterocycles. The molecule has 0 spiro atoms. The molecule has 0 bridgehead atoms. The van der Waals surface area contributed by atoms with E-state index in [1.165, 1.54) is 0 Å². The van der Waals surface area contributed by atoms with Crippen LogP contribution in [0.3, 0.4) is 0 Å². The summed E-state index contributed by atoms with van der Waals surface area (Å²) in [4.78, 5) is 1.11. The van der Waals surface area contributed by atoms with E-state index in [-0.39, 0.29) is 0 Å². The summed E-state index contributed by atoms with van der Waals surface area (Å²) in [5.74, 6) is 2.21. The summed E-state index contributed by atoms with van der Waals surface area (Å²) in [6, 6.07) is 17.2. The Hall–Kier alpha value is -3.16. The van der Waals surface area contributed by atoms with Gasteiger partial charge in [0, 0.05) is 27.6 Å². The van der Waals surface area contributed by atoms with Gasteiger partial charge in [-0.3, -0.25) is 9.98 Å². The molecule has 4 aromatic rings. The third kappa shape index (κ3) is 4.47. The number of hydrogen-bond acceptors (Lipinski definition) is 6. The van der Waals surface area contributed by atoms with Gasteiger partial charge in [-0.1, -0.05) is 35.9 Å². The highest BCUT2D eigenvalue weighted by Crippen LogP contribution is 2.31. The first-order valence-electron chi connectivity index (χ1n) is 9.70. The molecule has 0 amide bonds. The van der Waals surface area contributed by atoms with Gasteiger partial charge in [-0.05, 0) is 49.7 Å². The fourth-order valence-corrected chi connectivity index (χ4v) is 4.45. The van der Waals surface area contributed by atoms with Gasteiger partial charge in [-0.25, -0.2) is 0 Å². The molecule has 2 heterocycles. The summed E-state index contributed by atoms with van der Waals surface area (Å²) in [5, 5.41) is 22.3. The average molecular weight is 452 g/mol. The first kappa shape index (κ1) is 21.1. The Kier molecular flexibility index (Phi) is 6.06. The lowest BCUT2D eigenvalue weighted by molar-refractivity contribution is 0.414. The summed E-state index contributed by atoms with van der Waals surface area (Å²) in [6.45, 7) is 4.55.